The van der Waals surface area contributed by atoms with Crippen molar-refractivity contribution in [3.8, 4) is 5.75 Å². The van der Waals surface area contributed by atoms with Crippen LogP contribution in [0.15, 0.2) is 43.0 Å². The standard InChI is InChI=1S/C10H10N2O.BrH/c13-10-3-1-2-9(6-10)7-12-5-4-11-8-12;/h1-6,8,13H,7H2;1H. The number of hydrogen-bond acceptors (Lipinski definition) is 2. The first-order valence-corrected chi connectivity index (χ1v) is 4.08. The summed E-state index contributed by atoms with van der Waals surface area (Å²) in [4.78, 5) is 3.94. The van der Waals surface area contributed by atoms with Gasteiger partial charge in [0.05, 0.1) is 6.33 Å². The van der Waals surface area contributed by atoms with Crippen LogP contribution >= 0.6 is 17.0 Å². The van der Waals surface area contributed by atoms with E-state index in [-0.39, 0.29) is 17.0 Å². The summed E-state index contributed by atoms with van der Waals surface area (Å²) in [7, 11) is 0. The lowest BCUT2D eigenvalue weighted by Gasteiger charge is -2.02. The maximum Gasteiger partial charge on any atom is 0.115 e. The van der Waals surface area contributed by atoms with Gasteiger partial charge in [-0.3, -0.25) is 0 Å². The number of imidazole rings is 1. The van der Waals surface area contributed by atoms with E-state index in [1.165, 1.54) is 0 Å². The van der Waals surface area contributed by atoms with E-state index in [4.69, 9.17) is 0 Å². The average molecular weight is 255 g/mol. The molecular weight excluding hydrogens is 244 g/mol. The second-order valence-electron chi connectivity index (χ2n) is 2.90. The van der Waals surface area contributed by atoms with Crippen LogP contribution in [-0.4, -0.2) is 14.7 Å². The summed E-state index contributed by atoms with van der Waals surface area (Å²) in [5, 5.41) is 9.22. The Kier molecular flexibility index (Phi) is 3.71. The predicted octanol–water partition coefficient (Wildman–Crippen LogP) is 2.21. The Bertz CT molecular complexity index is 387. The molecule has 1 aromatic heterocycles. The Balaban J connectivity index is 0.000000980. The third-order valence-corrected chi connectivity index (χ3v) is 1.83. The summed E-state index contributed by atoms with van der Waals surface area (Å²) in [6.07, 6.45) is 5.39. The van der Waals surface area contributed by atoms with Crippen LogP contribution in [0.5, 0.6) is 5.75 Å². The molecule has 0 fully saturated rings. The largest absolute Gasteiger partial charge is 0.508 e. The first kappa shape index (κ1) is 10.8. The van der Waals surface area contributed by atoms with Crippen molar-refractivity contribution in [2.45, 2.75) is 6.54 Å². The van der Waals surface area contributed by atoms with E-state index in [2.05, 4.69) is 4.98 Å². The van der Waals surface area contributed by atoms with Gasteiger partial charge >= 0.3 is 0 Å². The fourth-order valence-electron chi connectivity index (χ4n) is 1.25. The lowest BCUT2D eigenvalue weighted by atomic mass is 10.2. The van der Waals surface area contributed by atoms with Crippen LogP contribution in [0.3, 0.4) is 0 Å². The number of phenols is 1. The van der Waals surface area contributed by atoms with Gasteiger partial charge in [-0.25, -0.2) is 4.98 Å². The molecule has 0 saturated heterocycles. The highest BCUT2D eigenvalue weighted by atomic mass is 79.9. The topological polar surface area (TPSA) is 38.0 Å². The number of aromatic hydroxyl groups is 1. The Hall–Kier alpha value is -1.29. The first-order chi connectivity index (χ1) is 6.34. The molecule has 2 aromatic rings. The van der Waals surface area contributed by atoms with Gasteiger partial charge in [-0.05, 0) is 17.7 Å². The smallest absolute Gasteiger partial charge is 0.115 e. The molecule has 1 aromatic carbocycles. The summed E-state index contributed by atoms with van der Waals surface area (Å²) in [6, 6.07) is 7.22. The highest BCUT2D eigenvalue weighted by Crippen LogP contribution is 2.11. The summed E-state index contributed by atoms with van der Waals surface area (Å²) < 4.78 is 1.95. The van der Waals surface area contributed by atoms with Gasteiger partial charge < -0.3 is 9.67 Å². The molecule has 0 atom stereocenters. The SMILES string of the molecule is Br.Oc1cccc(Cn2ccnc2)c1. The molecule has 1 heterocycles. The molecule has 0 aliphatic heterocycles. The number of aromatic nitrogens is 2. The third kappa shape index (κ3) is 2.60. The van der Waals surface area contributed by atoms with Crippen molar-refractivity contribution in [2.75, 3.05) is 0 Å². The molecule has 74 valence electrons. The number of phenolic OH excluding ortho intramolecular Hbond substituents is 1. The van der Waals surface area contributed by atoms with Crippen molar-refractivity contribution >= 4 is 17.0 Å². The quantitative estimate of drug-likeness (QED) is 0.893. The Morgan fingerprint density at radius 2 is 2.21 bits per heavy atom. The molecule has 3 nitrogen and oxygen atoms in total. The monoisotopic (exact) mass is 254 g/mol. The maximum atomic E-state index is 9.22. The summed E-state index contributed by atoms with van der Waals surface area (Å²) in [5.74, 6) is 0.303. The molecule has 4 heteroatoms. The van der Waals surface area contributed by atoms with Crippen molar-refractivity contribution in [1.29, 1.82) is 0 Å². The van der Waals surface area contributed by atoms with Crippen molar-refractivity contribution in [1.82, 2.24) is 9.55 Å². The molecule has 0 unspecified atom stereocenters. The zero-order valence-corrected chi connectivity index (χ0v) is 9.21. The number of nitrogens with zero attached hydrogens (tertiary/aromatic N) is 2. The van der Waals surface area contributed by atoms with Gasteiger partial charge in [-0.15, -0.1) is 17.0 Å². The summed E-state index contributed by atoms with van der Waals surface area (Å²) in [6.45, 7) is 0.744. The molecule has 0 saturated carbocycles. The number of rotatable bonds is 2. The van der Waals surface area contributed by atoms with E-state index in [0.29, 0.717) is 5.75 Å². The fraction of sp³-hybridized carbons (Fsp3) is 0.100. The Morgan fingerprint density at radius 3 is 2.86 bits per heavy atom. The van der Waals surface area contributed by atoms with Crippen molar-refractivity contribution in [2.24, 2.45) is 0 Å². The average Bonchev–Trinajstić information content (AvgIpc) is 2.57. The van der Waals surface area contributed by atoms with E-state index < -0.39 is 0 Å². The minimum absolute atomic E-state index is 0. The third-order valence-electron chi connectivity index (χ3n) is 1.83. The lowest BCUT2D eigenvalue weighted by molar-refractivity contribution is 0.474. The van der Waals surface area contributed by atoms with Gasteiger partial charge in [-0.1, -0.05) is 12.1 Å². The fourth-order valence-corrected chi connectivity index (χ4v) is 1.25. The highest BCUT2D eigenvalue weighted by Gasteiger charge is 1.94. The predicted molar refractivity (Wildman–Crippen MR) is 59.8 cm³/mol. The second kappa shape index (κ2) is 4.81. The second-order valence-corrected chi connectivity index (χ2v) is 2.90. The minimum atomic E-state index is 0. The van der Waals surface area contributed by atoms with Crippen LogP contribution in [-0.2, 0) is 6.54 Å². The van der Waals surface area contributed by atoms with Gasteiger partial charge in [0.25, 0.3) is 0 Å². The molecule has 0 bridgehead atoms. The van der Waals surface area contributed by atoms with E-state index in [9.17, 15) is 5.11 Å². The number of halogens is 1. The Morgan fingerprint density at radius 1 is 1.36 bits per heavy atom. The maximum absolute atomic E-state index is 9.22. The van der Waals surface area contributed by atoms with Gasteiger partial charge in [-0.2, -0.15) is 0 Å². The summed E-state index contributed by atoms with van der Waals surface area (Å²) in [5.41, 5.74) is 1.07. The molecule has 0 aliphatic rings. The first-order valence-electron chi connectivity index (χ1n) is 4.08. The Labute approximate surface area is 92.8 Å². The van der Waals surface area contributed by atoms with E-state index in [1.807, 2.05) is 22.9 Å². The zero-order valence-electron chi connectivity index (χ0n) is 7.50. The highest BCUT2D eigenvalue weighted by molar-refractivity contribution is 8.93. The molecule has 1 N–H and O–H groups in total. The molecule has 0 aliphatic carbocycles. The van der Waals surface area contributed by atoms with Crippen LogP contribution in [0.2, 0.25) is 0 Å². The number of benzene rings is 1. The minimum Gasteiger partial charge on any atom is -0.508 e. The van der Waals surface area contributed by atoms with Crippen LogP contribution in [0, 0.1) is 0 Å². The molecular formula is C10H11BrN2O. The number of hydrogen-bond donors (Lipinski definition) is 1. The molecule has 0 amide bonds. The van der Waals surface area contributed by atoms with Crippen molar-refractivity contribution in [3.05, 3.63) is 48.5 Å². The van der Waals surface area contributed by atoms with E-state index in [0.717, 1.165) is 12.1 Å². The van der Waals surface area contributed by atoms with Crippen molar-refractivity contribution in [3.63, 3.8) is 0 Å². The molecule has 14 heavy (non-hydrogen) atoms. The van der Waals surface area contributed by atoms with Crippen LogP contribution in [0.25, 0.3) is 0 Å². The van der Waals surface area contributed by atoms with Gasteiger partial charge in [0.2, 0.25) is 0 Å². The summed E-state index contributed by atoms with van der Waals surface area (Å²) >= 11 is 0. The van der Waals surface area contributed by atoms with E-state index in [1.54, 1.807) is 24.7 Å². The molecule has 0 spiro atoms. The zero-order chi connectivity index (χ0) is 9.10. The van der Waals surface area contributed by atoms with Gasteiger partial charge in [0.1, 0.15) is 5.75 Å². The lowest BCUT2D eigenvalue weighted by Crippen LogP contribution is -1.95. The molecule has 0 radical (unpaired) electrons. The van der Waals surface area contributed by atoms with Crippen molar-refractivity contribution < 1.29 is 5.11 Å². The van der Waals surface area contributed by atoms with E-state index >= 15 is 0 Å². The van der Waals surface area contributed by atoms with Gasteiger partial charge in [0, 0.05) is 18.9 Å². The van der Waals surface area contributed by atoms with Crippen LogP contribution in [0.4, 0.5) is 0 Å². The van der Waals surface area contributed by atoms with Crippen LogP contribution in [0.1, 0.15) is 5.56 Å². The van der Waals surface area contributed by atoms with Gasteiger partial charge in [0.15, 0.2) is 0 Å². The molecule has 2 rings (SSSR count). The normalized spacial score (nSPS) is 9.43. The van der Waals surface area contributed by atoms with Crippen LogP contribution < -0.4 is 0 Å².